The van der Waals surface area contributed by atoms with Gasteiger partial charge in [-0.05, 0) is 30.9 Å². The van der Waals surface area contributed by atoms with Gasteiger partial charge in [0.2, 0.25) is 17.4 Å². The van der Waals surface area contributed by atoms with Gasteiger partial charge in [0.1, 0.15) is 6.04 Å². The van der Waals surface area contributed by atoms with Crippen molar-refractivity contribution < 1.29 is 14.4 Å². The molecule has 1 fully saturated rings. The average Bonchev–Trinajstić information content (AvgIpc) is 2.46. The molecule has 1 aliphatic carbocycles. The van der Waals surface area contributed by atoms with Crippen molar-refractivity contribution in [3.8, 4) is 0 Å². The van der Waals surface area contributed by atoms with Crippen LogP contribution in [0, 0.1) is 0 Å². The van der Waals surface area contributed by atoms with Crippen LogP contribution >= 0.6 is 0 Å². The predicted molar refractivity (Wildman–Crippen MR) is 76.0 cm³/mol. The summed E-state index contributed by atoms with van der Waals surface area (Å²) in [6.45, 7) is 0. The van der Waals surface area contributed by atoms with Crippen LogP contribution in [0.25, 0.3) is 0 Å². The zero-order valence-corrected chi connectivity index (χ0v) is 11.8. The van der Waals surface area contributed by atoms with Crippen LogP contribution in [0.2, 0.25) is 0 Å². The lowest BCUT2D eigenvalue weighted by Crippen LogP contribution is -2.58. The van der Waals surface area contributed by atoms with Crippen LogP contribution in [-0.4, -0.2) is 28.9 Å². The number of carbonyl (C=O) groups is 3. The number of imide groups is 1. The van der Waals surface area contributed by atoms with Gasteiger partial charge in [-0.2, -0.15) is 0 Å². The summed E-state index contributed by atoms with van der Waals surface area (Å²) in [5.74, 6) is -0.871. The van der Waals surface area contributed by atoms with E-state index in [0.29, 0.717) is 0 Å². The second-order valence-corrected chi connectivity index (χ2v) is 5.49. The molecule has 2 heterocycles. The number of aromatic nitrogens is 1. The molecule has 4 N–H and O–H groups in total. The second-order valence-electron chi connectivity index (χ2n) is 5.49. The Morgan fingerprint density at radius 1 is 1.23 bits per heavy atom. The molecule has 0 bridgehead atoms. The lowest BCUT2D eigenvalue weighted by atomic mass is 9.91. The molecule has 1 saturated heterocycles. The first kappa shape index (κ1) is 14.3. The van der Waals surface area contributed by atoms with Gasteiger partial charge in [0.25, 0.3) is 0 Å². The maximum atomic E-state index is 12.3. The van der Waals surface area contributed by atoms with Crippen LogP contribution in [0.3, 0.4) is 0 Å². The normalized spacial score (nSPS) is 24.0. The number of nitrogens with one attached hydrogen (secondary N) is 4. The Kier molecular flexibility index (Phi) is 3.66. The fraction of sp³-hybridized carbons (Fsp3) is 0.429. The Labute approximate surface area is 125 Å². The van der Waals surface area contributed by atoms with E-state index in [1.165, 1.54) is 6.07 Å². The van der Waals surface area contributed by atoms with Crippen molar-refractivity contribution in [2.24, 2.45) is 0 Å². The molecule has 2 aliphatic rings. The number of fused-ring (bicyclic) bond motifs is 1. The van der Waals surface area contributed by atoms with Gasteiger partial charge in [0, 0.05) is 11.8 Å². The van der Waals surface area contributed by atoms with E-state index in [2.05, 4.69) is 20.9 Å². The van der Waals surface area contributed by atoms with Gasteiger partial charge >= 0.3 is 6.03 Å². The summed E-state index contributed by atoms with van der Waals surface area (Å²) in [4.78, 5) is 49.0. The molecule has 2 atom stereocenters. The maximum absolute atomic E-state index is 12.3. The number of carbonyl (C=O) groups excluding carboxylic acids is 3. The smallest absolute Gasteiger partial charge is 0.322 e. The summed E-state index contributed by atoms with van der Waals surface area (Å²) >= 11 is 0. The number of urea groups is 1. The van der Waals surface area contributed by atoms with E-state index >= 15 is 0 Å². The first-order valence-electron chi connectivity index (χ1n) is 7.16. The molecule has 8 heteroatoms. The Morgan fingerprint density at radius 2 is 2.05 bits per heavy atom. The number of hydrogen-bond donors (Lipinski definition) is 4. The standard InChI is InChI=1S/C14H16N4O4/c19-11-5-4-7-8(15-11)2-1-3-9(7)16-13(21)10-6-12(20)18-14(22)17-10/h4-5,9-10H,1-3,6H2,(H,15,19)(H,16,21)(H2,17,18,20,22)/t9?,10-/m0/s1. The Morgan fingerprint density at radius 3 is 2.82 bits per heavy atom. The molecule has 22 heavy (non-hydrogen) atoms. The Balaban J connectivity index is 1.74. The molecule has 8 nitrogen and oxygen atoms in total. The lowest BCUT2D eigenvalue weighted by molar-refractivity contribution is -0.129. The molecule has 0 aromatic carbocycles. The monoisotopic (exact) mass is 304 g/mol. The first-order valence-corrected chi connectivity index (χ1v) is 7.16. The van der Waals surface area contributed by atoms with Crippen molar-refractivity contribution in [3.05, 3.63) is 33.7 Å². The molecule has 116 valence electrons. The molecular weight excluding hydrogens is 288 g/mol. The van der Waals surface area contributed by atoms with Crippen LogP contribution < -0.4 is 21.5 Å². The van der Waals surface area contributed by atoms with Gasteiger partial charge < -0.3 is 15.6 Å². The van der Waals surface area contributed by atoms with Gasteiger partial charge in [0.05, 0.1) is 12.5 Å². The van der Waals surface area contributed by atoms with E-state index in [4.69, 9.17) is 0 Å². The van der Waals surface area contributed by atoms with Crippen LogP contribution in [0.4, 0.5) is 4.79 Å². The van der Waals surface area contributed by atoms with Crippen LogP contribution in [0.5, 0.6) is 0 Å². The molecule has 4 amide bonds. The highest BCUT2D eigenvalue weighted by Gasteiger charge is 2.31. The topological polar surface area (TPSA) is 120 Å². The highest BCUT2D eigenvalue weighted by molar-refractivity contribution is 6.02. The SMILES string of the molecule is O=C1C[C@@H](C(=O)NC2CCCc3[nH]c(=O)ccc32)NC(=O)N1. The minimum atomic E-state index is -0.866. The largest absolute Gasteiger partial charge is 0.347 e. The molecule has 1 aromatic rings. The highest BCUT2D eigenvalue weighted by Crippen LogP contribution is 2.27. The van der Waals surface area contributed by atoms with Crippen molar-refractivity contribution in [1.29, 1.82) is 0 Å². The minimum absolute atomic E-state index is 0.0806. The molecule has 3 rings (SSSR count). The second kappa shape index (κ2) is 5.63. The number of pyridine rings is 1. The molecule has 0 radical (unpaired) electrons. The molecule has 0 spiro atoms. The molecule has 1 unspecified atom stereocenters. The third-order valence-electron chi connectivity index (χ3n) is 3.91. The number of aryl methyl sites for hydroxylation is 1. The Hall–Kier alpha value is -2.64. The van der Waals surface area contributed by atoms with Crippen molar-refractivity contribution in [2.45, 2.75) is 37.8 Å². The molecular formula is C14H16N4O4. The summed E-state index contributed by atoms with van der Waals surface area (Å²) in [5.41, 5.74) is 1.54. The van der Waals surface area contributed by atoms with Gasteiger partial charge in [-0.15, -0.1) is 0 Å². The highest BCUT2D eigenvalue weighted by atomic mass is 16.2. The summed E-state index contributed by atoms with van der Waals surface area (Å²) in [7, 11) is 0. The summed E-state index contributed by atoms with van der Waals surface area (Å²) < 4.78 is 0. The van der Waals surface area contributed by atoms with E-state index in [0.717, 1.165) is 30.5 Å². The number of H-pyrrole nitrogens is 1. The van der Waals surface area contributed by atoms with Crippen molar-refractivity contribution in [2.75, 3.05) is 0 Å². The van der Waals surface area contributed by atoms with E-state index in [1.807, 2.05) is 0 Å². The summed E-state index contributed by atoms with van der Waals surface area (Å²) in [6, 6.07) is 1.39. The van der Waals surface area contributed by atoms with Gasteiger partial charge in [-0.25, -0.2) is 4.79 Å². The zero-order valence-electron chi connectivity index (χ0n) is 11.8. The number of rotatable bonds is 2. The van der Waals surface area contributed by atoms with Gasteiger partial charge in [0.15, 0.2) is 0 Å². The minimum Gasteiger partial charge on any atom is -0.347 e. The van der Waals surface area contributed by atoms with Crippen LogP contribution in [-0.2, 0) is 16.0 Å². The van der Waals surface area contributed by atoms with E-state index in [-0.39, 0.29) is 18.0 Å². The third kappa shape index (κ3) is 2.85. The summed E-state index contributed by atoms with van der Waals surface area (Å²) in [5, 5.41) is 7.36. The Bertz CT molecular complexity index is 680. The van der Waals surface area contributed by atoms with Crippen molar-refractivity contribution >= 4 is 17.8 Å². The first-order chi connectivity index (χ1) is 10.5. The van der Waals surface area contributed by atoms with E-state index < -0.39 is 23.9 Å². The third-order valence-corrected chi connectivity index (χ3v) is 3.91. The number of hydrogen-bond acceptors (Lipinski definition) is 4. The fourth-order valence-electron chi connectivity index (χ4n) is 2.89. The molecule has 1 aromatic heterocycles. The molecule has 0 saturated carbocycles. The van der Waals surface area contributed by atoms with E-state index in [9.17, 15) is 19.2 Å². The number of aromatic amines is 1. The van der Waals surface area contributed by atoms with Crippen molar-refractivity contribution in [1.82, 2.24) is 20.9 Å². The number of amides is 4. The van der Waals surface area contributed by atoms with Crippen LogP contribution in [0.1, 0.15) is 36.6 Å². The van der Waals surface area contributed by atoms with Crippen molar-refractivity contribution in [3.63, 3.8) is 0 Å². The quantitative estimate of drug-likeness (QED) is 0.587. The zero-order chi connectivity index (χ0) is 15.7. The van der Waals surface area contributed by atoms with E-state index in [1.54, 1.807) is 6.07 Å². The lowest BCUT2D eigenvalue weighted by Gasteiger charge is -2.29. The maximum Gasteiger partial charge on any atom is 0.322 e. The average molecular weight is 304 g/mol. The molecule has 1 aliphatic heterocycles. The van der Waals surface area contributed by atoms with Gasteiger partial charge in [-0.3, -0.25) is 19.7 Å². The predicted octanol–water partition coefficient (Wildman–Crippen LogP) is -0.533. The van der Waals surface area contributed by atoms with Crippen LogP contribution in [0.15, 0.2) is 16.9 Å². The fourth-order valence-corrected chi connectivity index (χ4v) is 2.89. The van der Waals surface area contributed by atoms with Gasteiger partial charge in [-0.1, -0.05) is 0 Å². The summed E-state index contributed by atoms with van der Waals surface area (Å²) in [6.07, 6.45) is 2.27.